The summed E-state index contributed by atoms with van der Waals surface area (Å²) in [4.78, 5) is 0.927. The lowest BCUT2D eigenvalue weighted by Gasteiger charge is -2.05. The first-order valence-corrected chi connectivity index (χ1v) is 5.35. The minimum absolute atomic E-state index is 0.359. The summed E-state index contributed by atoms with van der Waals surface area (Å²) in [6, 6.07) is 6.99. The molecule has 3 N–H and O–H groups in total. The van der Waals surface area contributed by atoms with Gasteiger partial charge in [-0.15, -0.1) is 11.8 Å². The van der Waals surface area contributed by atoms with Gasteiger partial charge in [-0.25, -0.2) is 0 Å². The Balaban J connectivity index is 2.64. The Hall–Kier alpha value is -0.485. The van der Waals surface area contributed by atoms with Crippen LogP contribution in [0.3, 0.4) is 0 Å². The quantitative estimate of drug-likeness (QED) is 0.479. The van der Waals surface area contributed by atoms with E-state index in [9.17, 15) is 0 Å². The molecule has 0 amide bonds. The largest absolute Gasteiger partial charge is 0.488 e. The Morgan fingerprint density at radius 2 is 2.14 bits per heavy atom. The smallest absolute Gasteiger partial charge is 0.423 e. The molecule has 0 heterocycles. The Morgan fingerprint density at radius 3 is 2.71 bits per heavy atom. The highest BCUT2D eigenvalue weighted by molar-refractivity contribution is 7.99. The van der Waals surface area contributed by atoms with Crippen molar-refractivity contribution in [2.24, 2.45) is 0 Å². The second-order valence-electron chi connectivity index (χ2n) is 3.11. The third kappa shape index (κ3) is 3.71. The molecule has 0 fully saturated rings. The Labute approximate surface area is 87.9 Å². The highest BCUT2D eigenvalue weighted by Gasteiger charge is 2.10. The van der Waals surface area contributed by atoms with E-state index in [2.05, 4.69) is 0 Å². The fourth-order valence-electron chi connectivity index (χ4n) is 0.982. The topological polar surface area (TPSA) is 60.7 Å². The second kappa shape index (κ2) is 5.41. The highest BCUT2D eigenvalue weighted by atomic mass is 32.2. The molecule has 0 spiro atoms. The number of hydrogen-bond acceptors (Lipinski definition) is 4. The number of aliphatic hydroxyl groups excluding tert-OH is 1. The third-order valence-electron chi connectivity index (χ3n) is 1.65. The van der Waals surface area contributed by atoms with Gasteiger partial charge in [0.1, 0.15) is 0 Å². The van der Waals surface area contributed by atoms with Crippen LogP contribution < -0.4 is 5.46 Å². The van der Waals surface area contributed by atoms with E-state index < -0.39 is 7.12 Å². The van der Waals surface area contributed by atoms with Crippen molar-refractivity contribution in [2.45, 2.75) is 17.9 Å². The monoisotopic (exact) mass is 212 g/mol. The number of rotatable bonds is 4. The summed E-state index contributed by atoms with van der Waals surface area (Å²) >= 11 is 1.49. The molecule has 0 aromatic heterocycles. The molecule has 1 rings (SSSR count). The SMILES string of the molecule is CC(O)CSc1cccc(B(O)O)c1. The van der Waals surface area contributed by atoms with Crippen LogP contribution in [0.15, 0.2) is 29.2 Å². The van der Waals surface area contributed by atoms with Gasteiger partial charge in [0, 0.05) is 10.6 Å². The fraction of sp³-hybridized carbons (Fsp3) is 0.333. The van der Waals surface area contributed by atoms with Crippen LogP contribution in [0.2, 0.25) is 0 Å². The number of benzene rings is 1. The zero-order valence-corrected chi connectivity index (χ0v) is 8.74. The van der Waals surface area contributed by atoms with Gasteiger partial charge in [-0.2, -0.15) is 0 Å². The molecule has 1 atom stereocenters. The highest BCUT2D eigenvalue weighted by Crippen LogP contribution is 2.16. The predicted octanol–water partition coefficient (Wildman–Crippen LogP) is -0.161. The maximum Gasteiger partial charge on any atom is 0.488 e. The van der Waals surface area contributed by atoms with Crippen LogP contribution in [0.1, 0.15) is 6.92 Å². The lowest BCUT2D eigenvalue weighted by molar-refractivity contribution is 0.220. The van der Waals surface area contributed by atoms with Gasteiger partial charge in [0.25, 0.3) is 0 Å². The van der Waals surface area contributed by atoms with Crippen molar-refractivity contribution in [2.75, 3.05) is 5.75 Å². The van der Waals surface area contributed by atoms with Gasteiger partial charge >= 0.3 is 7.12 Å². The van der Waals surface area contributed by atoms with E-state index in [1.165, 1.54) is 11.8 Å². The summed E-state index contributed by atoms with van der Waals surface area (Å²) in [7, 11) is -1.43. The molecule has 0 aliphatic rings. The second-order valence-corrected chi connectivity index (χ2v) is 4.20. The van der Waals surface area contributed by atoms with Crippen LogP contribution in [-0.4, -0.2) is 34.1 Å². The molecule has 76 valence electrons. The van der Waals surface area contributed by atoms with Crippen molar-refractivity contribution in [3.8, 4) is 0 Å². The summed E-state index contributed by atoms with van der Waals surface area (Å²) < 4.78 is 0. The number of hydrogen-bond donors (Lipinski definition) is 3. The van der Waals surface area contributed by atoms with Crippen LogP contribution >= 0.6 is 11.8 Å². The molecule has 1 unspecified atom stereocenters. The van der Waals surface area contributed by atoms with E-state index in [-0.39, 0.29) is 6.10 Å². The molecule has 1 aromatic rings. The maximum atomic E-state index is 9.07. The van der Waals surface area contributed by atoms with Gasteiger partial charge < -0.3 is 15.2 Å². The van der Waals surface area contributed by atoms with Crippen molar-refractivity contribution in [3.63, 3.8) is 0 Å². The van der Waals surface area contributed by atoms with Crippen LogP contribution in [-0.2, 0) is 0 Å². The molecule has 0 aliphatic carbocycles. The van der Waals surface area contributed by atoms with Crippen LogP contribution in [0.25, 0.3) is 0 Å². The molecule has 14 heavy (non-hydrogen) atoms. The van der Waals surface area contributed by atoms with E-state index in [0.717, 1.165) is 4.90 Å². The summed E-state index contributed by atoms with van der Waals surface area (Å²) in [5, 5.41) is 26.9. The standard InChI is InChI=1S/C9H13BO3S/c1-7(11)6-14-9-4-2-3-8(5-9)10(12)13/h2-5,7,11-13H,6H2,1H3. The average molecular weight is 212 g/mol. The van der Waals surface area contributed by atoms with Crippen molar-refractivity contribution < 1.29 is 15.2 Å². The molecular weight excluding hydrogens is 199 g/mol. The molecule has 5 heteroatoms. The van der Waals surface area contributed by atoms with Gasteiger partial charge in [-0.05, 0) is 24.5 Å². The normalized spacial score (nSPS) is 12.6. The van der Waals surface area contributed by atoms with Gasteiger partial charge in [0.2, 0.25) is 0 Å². The van der Waals surface area contributed by atoms with E-state index in [4.69, 9.17) is 15.2 Å². The summed E-state index contributed by atoms with van der Waals surface area (Å²) in [5.74, 6) is 0.602. The van der Waals surface area contributed by atoms with Crippen molar-refractivity contribution in [1.29, 1.82) is 0 Å². The summed E-state index contributed by atoms with van der Waals surface area (Å²) in [6.07, 6.45) is -0.359. The molecule has 3 nitrogen and oxygen atoms in total. The van der Waals surface area contributed by atoms with E-state index in [1.807, 2.05) is 6.07 Å². The third-order valence-corrected chi connectivity index (χ3v) is 2.88. The number of aliphatic hydroxyl groups is 1. The fourth-order valence-corrected chi connectivity index (χ4v) is 1.81. The van der Waals surface area contributed by atoms with Gasteiger partial charge in [-0.1, -0.05) is 12.1 Å². The van der Waals surface area contributed by atoms with Gasteiger partial charge in [0.15, 0.2) is 0 Å². The lowest BCUT2D eigenvalue weighted by Crippen LogP contribution is -2.29. The predicted molar refractivity (Wildman–Crippen MR) is 58.7 cm³/mol. The molecular formula is C9H13BO3S. The van der Waals surface area contributed by atoms with Crippen LogP contribution in [0.4, 0.5) is 0 Å². The Morgan fingerprint density at radius 1 is 1.43 bits per heavy atom. The van der Waals surface area contributed by atoms with Crippen LogP contribution in [0, 0.1) is 0 Å². The van der Waals surface area contributed by atoms with Gasteiger partial charge in [0.05, 0.1) is 6.10 Å². The van der Waals surface area contributed by atoms with Crippen molar-refractivity contribution in [3.05, 3.63) is 24.3 Å². The summed E-state index contributed by atoms with van der Waals surface area (Å²) in [5.41, 5.74) is 0.473. The first kappa shape index (κ1) is 11.6. The van der Waals surface area contributed by atoms with Crippen molar-refractivity contribution >= 4 is 24.3 Å². The van der Waals surface area contributed by atoms with E-state index in [1.54, 1.807) is 25.1 Å². The molecule has 0 aliphatic heterocycles. The van der Waals surface area contributed by atoms with E-state index in [0.29, 0.717) is 11.2 Å². The molecule has 0 saturated carbocycles. The van der Waals surface area contributed by atoms with E-state index >= 15 is 0 Å². The Bertz CT molecular complexity index is 291. The lowest BCUT2D eigenvalue weighted by atomic mass is 9.80. The first-order chi connectivity index (χ1) is 6.59. The minimum Gasteiger partial charge on any atom is -0.423 e. The average Bonchev–Trinajstić information content (AvgIpc) is 2.15. The number of thioether (sulfide) groups is 1. The summed E-state index contributed by atoms with van der Waals surface area (Å²) in [6.45, 7) is 1.72. The van der Waals surface area contributed by atoms with Crippen molar-refractivity contribution in [1.82, 2.24) is 0 Å². The first-order valence-electron chi connectivity index (χ1n) is 4.36. The molecule has 0 radical (unpaired) electrons. The maximum absolute atomic E-state index is 9.07. The molecule has 1 aromatic carbocycles. The molecule has 0 saturated heterocycles. The zero-order chi connectivity index (χ0) is 10.6. The Kier molecular flexibility index (Phi) is 4.48. The zero-order valence-electron chi connectivity index (χ0n) is 7.92. The minimum atomic E-state index is -1.43. The van der Waals surface area contributed by atoms with Gasteiger partial charge in [-0.3, -0.25) is 0 Å². The molecule has 0 bridgehead atoms. The van der Waals surface area contributed by atoms with Crippen LogP contribution in [0.5, 0.6) is 0 Å².